The van der Waals surface area contributed by atoms with Gasteiger partial charge in [-0.05, 0) is 36.1 Å². The summed E-state index contributed by atoms with van der Waals surface area (Å²) >= 11 is 0. The number of carboxylic acid groups (broad SMARTS) is 1. The van der Waals surface area contributed by atoms with Crippen LogP contribution in [0.25, 0.3) is 0 Å². The lowest BCUT2D eigenvalue weighted by atomic mass is 9.78. The Bertz CT molecular complexity index is 441. The van der Waals surface area contributed by atoms with Gasteiger partial charge in [-0.3, -0.25) is 4.79 Å². The van der Waals surface area contributed by atoms with Gasteiger partial charge in [-0.1, -0.05) is 6.07 Å². The zero-order valence-electron chi connectivity index (χ0n) is 9.77. The Morgan fingerprint density at radius 1 is 1.47 bits per heavy atom. The summed E-state index contributed by atoms with van der Waals surface area (Å²) < 4.78 is 5.42. The van der Waals surface area contributed by atoms with E-state index in [2.05, 4.69) is 0 Å². The van der Waals surface area contributed by atoms with Gasteiger partial charge in [0.25, 0.3) is 0 Å². The van der Waals surface area contributed by atoms with E-state index in [4.69, 9.17) is 9.84 Å². The van der Waals surface area contributed by atoms with Crippen LogP contribution in [0, 0.1) is 0 Å². The van der Waals surface area contributed by atoms with Crippen LogP contribution in [-0.2, 0) is 22.4 Å². The fourth-order valence-electron chi connectivity index (χ4n) is 2.49. The number of hydrogen-bond acceptors (Lipinski definition) is 3. The second kappa shape index (κ2) is 4.37. The molecule has 1 unspecified atom stereocenters. The van der Waals surface area contributed by atoms with Crippen LogP contribution in [0.3, 0.4) is 0 Å². The molecule has 17 heavy (non-hydrogen) atoms. The SMILES string of the molecule is COC1(CC(=O)O)CCc2ccc(O)cc2C1. The molecular weight excluding hydrogens is 220 g/mol. The number of benzene rings is 1. The zero-order valence-corrected chi connectivity index (χ0v) is 9.77. The minimum atomic E-state index is -0.851. The number of rotatable bonds is 3. The third kappa shape index (κ3) is 2.42. The highest BCUT2D eigenvalue weighted by Gasteiger charge is 2.36. The largest absolute Gasteiger partial charge is 0.508 e. The lowest BCUT2D eigenvalue weighted by Gasteiger charge is -2.36. The van der Waals surface area contributed by atoms with Crippen LogP contribution in [0.2, 0.25) is 0 Å². The van der Waals surface area contributed by atoms with Gasteiger partial charge in [-0.2, -0.15) is 0 Å². The Balaban J connectivity index is 2.28. The first-order valence-corrected chi connectivity index (χ1v) is 5.62. The summed E-state index contributed by atoms with van der Waals surface area (Å²) in [7, 11) is 1.55. The lowest BCUT2D eigenvalue weighted by molar-refractivity contribution is -0.144. The molecule has 0 saturated carbocycles. The molecule has 1 aliphatic carbocycles. The van der Waals surface area contributed by atoms with Crippen molar-refractivity contribution in [1.82, 2.24) is 0 Å². The number of aromatic hydroxyl groups is 1. The van der Waals surface area contributed by atoms with E-state index in [0.29, 0.717) is 12.8 Å². The van der Waals surface area contributed by atoms with E-state index in [1.807, 2.05) is 6.07 Å². The van der Waals surface area contributed by atoms with E-state index >= 15 is 0 Å². The Morgan fingerprint density at radius 2 is 2.24 bits per heavy atom. The fourth-order valence-corrected chi connectivity index (χ4v) is 2.49. The first-order valence-electron chi connectivity index (χ1n) is 5.62. The standard InChI is InChI=1S/C13H16O4/c1-17-13(8-12(15)16)5-4-9-2-3-11(14)6-10(9)7-13/h2-3,6,14H,4-5,7-8H2,1H3,(H,15,16). The minimum absolute atomic E-state index is 0.00139. The zero-order chi connectivity index (χ0) is 12.5. The predicted octanol–water partition coefficient (Wildman–Crippen LogP) is 1.74. The van der Waals surface area contributed by atoms with Crippen LogP contribution in [0.1, 0.15) is 24.0 Å². The van der Waals surface area contributed by atoms with Gasteiger partial charge in [0, 0.05) is 13.5 Å². The summed E-state index contributed by atoms with van der Waals surface area (Å²) in [5, 5.41) is 18.4. The van der Waals surface area contributed by atoms with Gasteiger partial charge in [-0.25, -0.2) is 0 Å². The summed E-state index contributed by atoms with van der Waals surface area (Å²) in [6, 6.07) is 5.25. The van der Waals surface area contributed by atoms with Crippen molar-refractivity contribution in [2.45, 2.75) is 31.3 Å². The quantitative estimate of drug-likeness (QED) is 0.839. The topological polar surface area (TPSA) is 66.8 Å². The third-order valence-corrected chi connectivity index (χ3v) is 3.46. The van der Waals surface area contributed by atoms with Gasteiger partial charge in [0.15, 0.2) is 0 Å². The van der Waals surface area contributed by atoms with Crippen molar-refractivity contribution < 1.29 is 19.7 Å². The molecule has 1 aromatic carbocycles. The second-order valence-electron chi connectivity index (χ2n) is 4.59. The molecule has 4 nitrogen and oxygen atoms in total. The van der Waals surface area contributed by atoms with E-state index in [0.717, 1.165) is 12.0 Å². The number of hydrogen-bond donors (Lipinski definition) is 2. The average Bonchev–Trinajstić information content (AvgIpc) is 2.27. The molecule has 2 rings (SSSR count). The van der Waals surface area contributed by atoms with Crippen LogP contribution in [-0.4, -0.2) is 28.9 Å². The number of carboxylic acids is 1. The van der Waals surface area contributed by atoms with Gasteiger partial charge < -0.3 is 14.9 Å². The molecule has 0 spiro atoms. The van der Waals surface area contributed by atoms with Crippen molar-refractivity contribution in [3.05, 3.63) is 29.3 Å². The number of fused-ring (bicyclic) bond motifs is 1. The number of carbonyl (C=O) groups is 1. The highest BCUT2D eigenvalue weighted by molar-refractivity contribution is 5.68. The van der Waals surface area contributed by atoms with E-state index in [1.54, 1.807) is 19.2 Å². The van der Waals surface area contributed by atoms with Gasteiger partial charge in [-0.15, -0.1) is 0 Å². The molecule has 0 amide bonds. The average molecular weight is 236 g/mol. The maximum atomic E-state index is 10.9. The van der Waals surface area contributed by atoms with Gasteiger partial charge in [0.1, 0.15) is 5.75 Å². The fraction of sp³-hybridized carbons (Fsp3) is 0.462. The van der Waals surface area contributed by atoms with Crippen molar-refractivity contribution in [3.8, 4) is 5.75 Å². The number of methoxy groups -OCH3 is 1. The van der Waals surface area contributed by atoms with Crippen LogP contribution in [0.5, 0.6) is 5.75 Å². The lowest BCUT2D eigenvalue weighted by Crippen LogP contribution is -2.40. The van der Waals surface area contributed by atoms with Crippen LogP contribution < -0.4 is 0 Å². The molecule has 1 aliphatic rings. The summed E-state index contributed by atoms with van der Waals surface area (Å²) in [4.78, 5) is 10.9. The number of ether oxygens (including phenoxy) is 1. The van der Waals surface area contributed by atoms with Crippen molar-refractivity contribution in [2.24, 2.45) is 0 Å². The first-order chi connectivity index (χ1) is 8.04. The van der Waals surface area contributed by atoms with E-state index in [-0.39, 0.29) is 12.2 Å². The summed E-state index contributed by atoms with van der Waals surface area (Å²) in [5.41, 5.74) is 1.52. The molecule has 1 aromatic rings. The number of aliphatic carboxylic acids is 1. The van der Waals surface area contributed by atoms with E-state index < -0.39 is 11.6 Å². The Morgan fingerprint density at radius 3 is 2.88 bits per heavy atom. The van der Waals surface area contributed by atoms with Gasteiger partial charge >= 0.3 is 5.97 Å². The van der Waals surface area contributed by atoms with Crippen molar-refractivity contribution in [1.29, 1.82) is 0 Å². The van der Waals surface area contributed by atoms with Gasteiger partial charge in [0.05, 0.1) is 12.0 Å². The highest BCUT2D eigenvalue weighted by atomic mass is 16.5. The van der Waals surface area contributed by atoms with E-state index in [1.165, 1.54) is 5.56 Å². The minimum Gasteiger partial charge on any atom is -0.508 e. The number of aryl methyl sites for hydroxylation is 1. The maximum absolute atomic E-state index is 10.9. The summed E-state index contributed by atoms with van der Waals surface area (Å²) in [6.07, 6.45) is 2.03. The predicted molar refractivity (Wildman–Crippen MR) is 62.1 cm³/mol. The molecule has 0 saturated heterocycles. The first kappa shape index (κ1) is 11.9. The molecule has 0 aromatic heterocycles. The molecule has 92 valence electrons. The third-order valence-electron chi connectivity index (χ3n) is 3.46. The Hall–Kier alpha value is -1.55. The molecular formula is C13H16O4. The molecule has 0 bridgehead atoms. The maximum Gasteiger partial charge on any atom is 0.306 e. The molecule has 4 heteroatoms. The molecule has 1 atom stereocenters. The summed E-state index contributed by atoms with van der Waals surface area (Å²) in [6.45, 7) is 0. The Kier molecular flexibility index (Phi) is 3.07. The molecule has 0 aliphatic heterocycles. The summed E-state index contributed by atoms with van der Waals surface area (Å²) in [5.74, 6) is -0.638. The second-order valence-corrected chi connectivity index (χ2v) is 4.59. The normalized spacial score (nSPS) is 23.1. The number of phenolic OH excluding ortho intramolecular Hbond substituents is 1. The van der Waals surface area contributed by atoms with Crippen molar-refractivity contribution in [2.75, 3.05) is 7.11 Å². The monoisotopic (exact) mass is 236 g/mol. The molecule has 0 heterocycles. The molecule has 0 radical (unpaired) electrons. The van der Waals surface area contributed by atoms with Crippen LogP contribution in [0.4, 0.5) is 0 Å². The van der Waals surface area contributed by atoms with Crippen molar-refractivity contribution >= 4 is 5.97 Å². The smallest absolute Gasteiger partial charge is 0.306 e. The Labute approximate surface area is 99.8 Å². The molecule has 0 fully saturated rings. The highest BCUT2D eigenvalue weighted by Crippen LogP contribution is 2.35. The van der Waals surface area contributed by atoms with E-state index in [9.17, 15) is 9.90 Å². The molecule has 2 N–H and O–H groups in total. The van der Waals surface area contributed by atoms with Crippen molar-refractivity contribution in [3.63, 3.8) is 0 Å². The number of phenols is 1. The van der Waals surface area contributed by atoms with Crippen LogP contribution >= 0.6 is 0 Å². The van der Waals surface area contributed by atoms with Crippen LogP contribution in [0.15, 0.2) is 18.2 Å². The van der Waals surface area contributed by atoms with Gasteiger partial charge in [0.2, 0.25) is 0 Å².